The molecule has 5 nitrogen and oxygen atoms in total. The first-order valence-corrected chi connectivity index (χ1v) is 8.65. The van der Waals surface area contributed by atoms with Crippen LogP contribution in [0.3, 0.4) is 0 Å². The molecule has 3 heterocycles. The lowest BCUT2D eigenvalue weighted by Gasteiger charge is -2.32. The third-order valence-electron chi connectivity index (χ3n) is 4.71. The van der Waals surface area contributed by atoms with Crippen LogP contribution in [0, 0.1) is 5.82 Å². The van der Waals surface area contributed by atoms with Crippen LogP contribution < -0.4 is 10.1 Å². The number of methoxy groups -OCH3 is 1. The van der Waals surface area contributed by atoms with Gasteiger partial charge in [-0.2, -0.15) is 0 Å². The van der Waals surface area contributed by atoms with Crippen molar-refractivity contribution in [3.05, 3.63) is 29.7 Å². The molecule has 0 amide bonds. The molecule has 0 atom stereocenters. The number of nitrogens with zero attached hydrogens (tertiary/aromatic N) is 3. The minimum atomic E-state index is -0.286. The van der Waals surface area contributed by atoms with Gasteiger partial charge in [0.1, 0.15) is 5.82 Å². The molecule has 0 radical (unpaired) electrons. The standard InChI is InChI=1S/C18H25FN4O/c1-3-20-13-6-9-23(10-7-13)11-8-14-15(19)12-21-16-4-5-17(24-2)22-18(14)16/h4-5,12-13,20H,3,6-11H2,1-2H3. The summed E-state index contributed by atoms with van der Waals surface area (Å²) >= 11 is 0. The Morgan fingerprint density at radius 1 is 1.33 bits per heavy atom. The summed E-state index contributed by atoms with van der Waals surface area (Å²) in [6, 6.07) is 4.20. The summed E-state index contributed by atoms with van der Waals surface area (Å²) in [5.41, 5.74) is 1.95. The van der Waals surface area contributed by atoms with E-state index in [0.29, 0.717) is 34.9 Å². The Bertz CT molecular complexity index is 686. The molecule has 2 aromatic rings. The molecule has 6 heteroatoms. The fourth-order valence-corrected chi connectivity index (χ4v) is 3.35. The third kappa shape index (κ3) is 3.82. The molecule has 0 aliphatic carbocycles. The minimum absolute atomic E-state index is 0.286. The van der Waals surface area contributed by atoms with Crippen LogP contribution in [0.2, 0.25) is 0 Å². The number of aromatic nitrogens is 2. The Kier molecular flexibility index (Phi) is 5.58. The van der Waals surface area contributed by atoms with Gasteiger partial charge >= 0.3 is 0 Å². The van der Waals surface area contributed by atoms with E-state index < -0.39 is 0 Å². The molecule has 130 valence electrons. The average molecular weight is 332 g/mol. The summed E-state index contributed by atoms with van der Waals surface area (Å²) in [6.07, 6.45) is 4.24. The van der Waals surface area contributed by atoms with Crippen LogP contribution in [-0.4, -0.2) is 54.2 Å². The van der Waals surface area contributed by atoms with Gasteiger partial charge in [0, 0.05) is 24.2 Å². The maximum atomic E-state index is 14.3. The maximum absolute atomic E-state index is 14.3. The van der Waals surface area contributed by atoms with Crippen molar-refractivity contribution < 1.29 is 9.13 Å². The van der Waals surface area contributed by atoms with E-state index in [9.17, 15) is 4.39 Å². The van der Waals surface area contributed by atoms with Gasteiger partial charge in [0.15, 0.2) is 0 Å². The zero-order valence-electron chi connectivity index (χ0n) is 14.4. The Balaban J connectivity index is 1.70. The fraction of sp³-hybridized carbons (Fsp3) is 0.556. The average Bonchev–Trinajstić information content (AvgIpc) is 2.62. The van der Waals surface area contributed by atoms with Crippen LogP contribution in [0.5, 0.6) is 5.88 Å². The van der Waals surface area contributed by atoms with Crippen LogP contribution in [0.15, 0.2) is 18.3 Å². The summed E-state index contributed by atoms with van der Waals surface area (Å²) in [5.74, 6) is 0.202. The van der Waals surface area contributed by atoms with Gasteiger partial charge < -0.3 is 15.0 Å². The van der Waals surface area contributed by atoms with E-state index in [1.165, 1.54) is 6.20 Å². The predicted molar refractivity (Wildman–Crippen MR) is 92.9 cm³/mol. The molecule has 0 spiro atoms. The van der Waals surface area contributed by atoms with Crippen molar-refractivity contribution in [2.45, 2.75) is 32.2 Å². The Morgan fingerprint density at radius 3 is 2.83 bits per heavy atom. The van der Waals surface area contributed by atoms with Crippen LogP contribution in [-0.2, 0) is 6.42 Å². The molecule has 0 unspecified atom stereocenters. The first-order valence-electron chi connectivity index (χ1n) is 8.65. The number of hydrogen-bond acceptors (Lipinski definition) is 5. The van der Waals surface area contributed by atoms with Crippen molar-refractivity contribution in [2.75, 3.05) is 33.3 Å². The van der Waals surface area contributed by atoms with E-state index in [4.69, 9.17) is 4.74 Å². The number of halogens is 1. The van der Waals surface area contributed by atoms with Crippen molar-refractivity contribution in [3.63, 3.8) is 0 Å². The molecule has 2 aromatic heterocycles. The smallest absolute Gasteiger partial charge is 0.213 e. The van der Waals surface area contributed by atoms with Crippen LogP contribution in [0.4, 0.5) is 4.39 Å². The molecular weight excluding hydrogens is 307 g/mol. The van der Waals surface area contributed by atoms with Gasteiger partial charge in [-0.1, -0.05) is 6.92 Å². The number of likely N-dealkylation sites (tertiary alicyclic amines) is 1. The van der Waals surface area contributed by atoms with E-state index in [1.54, 1.807) is 13.2 Å². The van der Waals surface area contributed by atoms with Gasteiger partial charge in [0.05, 0.1) is 24.3 Å². The highest BCUT2D eigenvalue weighted by atomic mass is 19.1. The van der Waals surface area contributed by atoms with Crippen molar-refractivity contribution in [1.29, 1.82) is 0 Å². The molecular formula is C18H25FN4O. The molecule has 1 aliphatic heterocycles. The second-order valence-electron chi connectivity index (χ2n) is 6.23. The largest absolute Gasteiger partial charge is 0.481 e. The molecule has 3 rings (SSSR count). The second-order valence-corrected chi connectivity index (χ2v) is 6.23. The highest BCUT2D eigenvalue weighted by Crippen LogP contribution is 2.22. The van der Waals surface area contributed by atoms with E-state index in [2.05, 4.69) is 27.1 Å². The summed E-state index contributed by atoms with van der Waals surface area (Å²) in [6.45, 7) is 6.11. The molecule has 24 heavy (non-hydrogen) atoms. The molecule has 1 fully saturated rings. The Labute approximate surface area is 142 Å². The van der Waals surface area contributed by atoms with E-state index in [0.717, 1.165) is 39.0 Å². The third-order valence-corrected chi connectivity index (χ3v) is 4.71. The van der Waals surface area contributed by atoms with E-state index in [-0.39, 0.29) is 5.82 Å². The topological polar surface area (TPSA) is 50.3 Å². The monoisotopic (exact) mass is 332 g/mol. The number of ether oxygens (including phenoxy) is 1. The van der Waals surface area contributed by atoms with Crippen molar-refractivity contribution in [3.8, 4) is 5.88 Å². The van der Waals surface area contributed by atoms with Gasteiger partial charge in [-0.15, -0.1) is 0 Å². The predicted octanol–water partition coefficient (Wildman–Crippen LogP) is 2.39. The van der Waals surface area contributed by atoms with E-state index in [1.807, 2.05) is 6.07 Å². The number of rotatable bonds is 6. The van der Waals surface area contributed by atoms with Crippen LogP contribution >= 0.6 is 0 Å². The molecule has 1 N–H and O–H groups in total. The van der Waals surface area contributed by atoms with Gasteiger partial charge in [0.2, 0.25) is 5.88 Å². The summed E-state index contributed by atoms with van der Waals surface area (Å²) in [5, 5.41) is 3.51. The Hall–Kier alpha value is -1.79. The van der Waals surface area contributed by atoms with Gasteiger partial charge in [0.25, 0.3) is 0 Å². The van der Waals surface area contributed by atoms with Crippen LogP contribution in [0.25, 0.3) is 11.0 Å². The first kappa shape index (κ1) is 17.0. The van der Waals surface area contributed by atoms with Crippen molar-refractivity contribution >= 4 is 11.0 Å². The minimum Gasteiger partial charge on any atom is -0.481 e. The van der Waals surface area contributed by atoms with Gasteiger partial charge in [-0.3, -0.25) is 4.98 Å². The number of piperidine rings is 1. The van der Waals surface area contributed by atoms with Gasteiger partial charge in [-0.05, 0) is 45.0 Å². The molecule has 1 aliphatic rings. The summed E-state index contributed by atoms with van der Waals surface area (Å²) < 4.78 is 19.5. The maximum Gasteiger partial charge on any atom is 0.213 e. The lowest BCUT2D eigenvalue weighted by molar-refractivity contribution is 0.200. The summed E-state index contributed by atoms with van der Waals surface area (Å²) in [7, 11) is 1.56. The number of pyridine rings is 2. The lowest BCUT2D eigenvalue weighted by atomic mass is 10.0. The summed E-state index contributed by atoms with van der Waals surface area (Å²) in [4.78, 5) is 10.9. The molecule has 0 bridgehead atoms. The number of nitrogens with one attached hydrogen (secondary N) is 1. The molecule has 0 aromatic carbocycles. The highest BCUT2D eigenvalue weighted by molar-refractivity contribution is 5.78. The van der Waals surface area contributed by atoms with Gasteiger partial charge in [-0.25, -0.2) is 9.37 Å². The quantitative estimate of drug-likeness (QED) is 0.880. The lowest BCUT2D eigenvalue weighted by Crippen LogP contribution is -2.43. The fourth-order valence-electron chi connectivity index (χ4n) is 3.35. The molecule has 0 saturated carbocycles. The second kappa shape index (κ2) is 7.85. The molecule has 1 saturated heterocycles. The first-order chi connectivity index (χ1) is 11.7. The number of fused-ring (bicyclic) bond motifs is 1. The van der Waals surface area contributed by atoms with Crippen molar-refractivity contribution in [2.24, 2.45) is 0 Å². The Morgan fingerprint density at radius 2 is 2.12 bits per heavy atom. The van der Waals surface area contributed by atoms with Crippen LogP contribution in [0.1, 0.15) is 25.3 Å². The van der Waals surface area contributed by atoms with E-state index >= 15 is 0 Å². The zero-order valence-corrected chi connectivity index (χ0v) is 14.4. The number of hydrogen-bond donors (Lipinski definition) is 1. The zero-order chi connectivity index (χ0) is 16.9. The normalized spacial score (nSPS) is 16.6. The highest BCUT2D eigenvalue weighted by Gasteiger charge is 2.19. The SMILES string of the molecule is CCNC1CCN(CCc2c(F)cnc3ccc(OC)nc23)CC1. The van der Waals surface area contributed by atoms with Crippen molar-refractivity contribution in [1.82, 2.24) is 20.2 Å².